The van der Waals surface area contributed by atoms with Crippen LogP contribution in [0.5, 0.6) is 5.75 Å². The van der Waals surface area contributed by atoms with Crippen LogP contribution in [0, 0.1) is 0 Å². The fourth-order valence-corrected chi connectivity index (χ4v) is 3.10. The lowest BCUT2D eigenvalue weighted by Gasteiger charge is -2.01. The molecule has 0 aliphatic rings. The van der Waals surface area contributed by atoms with Crippen molar-refractivity contribution in [2.24, 2.45) is 5.10 Å². The van der Waals surface area contributed by atoms with E-state index in [4.69, 9.17) is 16.3 Å². The summed E-state index contributed by atoms with van der Waals surface area (Å²) in [6, 6.07) is 16.4. The van der Waals surface area contributed by atoms with Crippen LogP contribution >= 0.6 is 22.9 Å². The maximum absolute atomic E-state index is 12.0. The third-order valence-electron chi connectivity index (χ3n) is 3.33. The summed E-state index contributed by atoms with van der Waals surface area (Å²) in [5, 5.41) is 8.07. The summed E-state index contributed by atoms with van der Waals surface area (Å²) in [5.74, 6) is 0.354. The second kappa shape index (κ2) is 8.46. The molecule has 8 heteroatoms. The number of hydrogen-bond donors (Lipinski definition) is 2. The minimum Gasteiger partial charge on any atom is -0.497 e. The molecule has 26 heavy (non-hydrogen) atoms. The predicted octanol–water partition coefficient (Wildman–Crippen LogP) is 4.31. The van der Waals surface area contributed by atoms with Gasteiger partial charge in [-0.3, -0.25) is 4.79 Å². The lowest BCUT2D eigenvalue weighted by atomic mass is 10.2. The number of benzene rings is 2. The number of thiazole rings is 1. The van der Waals surface area contributed by atoms with Gasteiger partial charge in [-0.2, -0.15) is 5.10 Å². The highest BCUT2D eigenvalue weighted by molar-refractivity contribution is 7.17. The Morgan fingerprint density at radius 3 is 2.62 bits per heavy atom. The molecule has 1 aromatic heterocycles. The highest BCUT2D eigenvalue weighted by atomic mass is 35.5. The quantitative estimate of drug-likeness (QED) is 0.489. The number of halogens is 1. The first-order chi connectivity index (χ1) is 12.7. The highest BCUT2D eigenvalue weighted by Gasteiger charge is 2.08. The first-order valence-electron chi connectivity index (χ1n) is 7.61. The summed E-state index contributed by atoms with van der Waals surface area (Å²) in [6.07, 6.45) is 1.47. The molecule has 1 heterocycles. The van der Waals surface area contributed by atoms with Gasteiger partial charge in [0.1, 0.15) is 5.75 Å². The number of rotatable bonds is 6. The number of hydrazone groups is 1. The van der Waals surface area contributed by atoms with Gasteiger partial charge in [-0.15, -0.1) is 0 Å². The van der Waals surface area contributed by atoms with E-state index in [2.05, 4.69) is 20.8 Å². The van der Waals surface area contributed by atoms with E-state index in [9.17, 15) is 4.79 Å². The van der Waals surface area contributed by atoms with E-state index >= 15 is 0 Å². The lowest BCUT2D eigenvalue weighted by molar-refractivity contribution is 0.0955. The van der Waals surface area contributed by atoms with Crippen LogP contribution in [0.25, 0.3) is 0 Å². The topological polar surface area (TPSA) is 75.6 Å². The molecular weight excluding hydrogens is 372 g/mol. The maximum Gasteiger partial charge on any atom is 0.271 e. The third-order valence-corrected chi connectivity index (χ3v) is 4.64. The van der Waals surface area contributed by atoms with E-state index in [1.54, 1.807) is 31.4 Å². The van der Waals surface area contributed by atoms with Crippen LogP contribution in [0.1, 0.15) is 15.2 Å². The molecule has 0 saturated carbocycles. The first-order valence-corrected chi connectivity index (χ1v) is 8.81. The van der Waals surface area contributed by atoms with Crippen LogP contribution in [-0.2, 0) is 0 Å². The van der Waals surface area contributed by atoms with Crippen molar-refractivity contribution < 1.29 is 9.53 Å². The molecule has 1 amide bonds. The fraction of sp³-hybridized carbons (Fsp3) is 0.0556. The van der Waals surface area contributed by atoms with Gasteiger partial charge in [-0.25, -0.2) is 10.4 Å². The number of carbonyl (C=O) groups excluding carboxylic acids is 1. The predicted molar refractivity (Wildman–Crippen MR) is 105 cm³/mol. The summed E-state index contributed by atoms with van der Waals surface area (Å²) in [4.78, 5) is 16.9. The van der Waals surface area contributed by atoms with Crippen molar-refractivity contribution in [1.29, 1.82) is 0 Å². The number of methoxy groups -OCH3 is 1. The van der Waals surface area contributed by atoms with Gasteiger partial charge in [0.25, 0.3) is 5.91 Å². The summed E-state index contributed by atoms with van der Waals surface area (Å²) >= 11 is 7.45. The Bertz CT molecular complexity index is 911. The van der Waals surface area contributed by atoms with Crippen molar-refractivity contribution in [3.05, 3.63) is 70.2 Å². The number of nitrogens with zero attached hydrogens (tertiary/aromatic N) is 2. The van der Waals surface area contributed by atoms with Gasteiger partial charge >= 0.3 is 0 Å². The second-order valence-electron chi connectivity index (χ2n) is 5.09. The molecular formula is C18H15ClN4O2S. The largest absolute Gasteiger partial charge is 0.497 e. The Morgan fingerprint density at radius 2 is 1.92 bits per heavy atom. The average Bonchev–Trinajstić information content (AvgIpc) is 3.01. The standard InChI is InChI=1S/C18H15ClN4O2S/c1-25-14-9-7-12(8-10-14)17(24)23-20-11-15-16(19)22-18(26-15)21-13-5-3-2-4-6-13/h2-11H,1H3,(H,21,22)(H,23,24)/b20-11+. The Hall–Kier alpha value is -2.90. The molecule has 3 aromatic rings. The van der Waals surface area contributed by atoms with Crippen LogP contribution in [-0.4, -0.2) is 24.2 Å². The monoisotopic (exact) mass is 386 g/mol. The Balaban J connectivity index is 1.62. The fourth-order valence-electron chi connectivity index (χ4n) is 2.05. The Labute approximate surface area is 159 Å². The molecule has 0 atom stereocenters. The normalized spacial score (nSPS) is 10.7. The summed E-state index contributed by atoms with van der Waals surface area (Å²) in [6.45, 7) is 0. The number of nitrogens with one attached hydrogen (secondary N) is 2. The molecule has 0 aliphatic heterocycles. The molecule has 132 valence electrons. The molecule has 0 radical (unpaired) electrons. The number of para-hydroxylation sites is 1. The van der Waals surface area contributed by atoms with E-state index in [0.717, 1.165) is 5.69 Å². The van der Waals surface area contributed by atoms with Crippen molar-refractivity contribution in [3.63, 3.8) is 0 Å². The van der Waals surface area contributed by atoms with Crippen molar-refractivity contribution in [2.75, 3.05) is 12.4 Å². The summed E-state index contributed by atoms with van der Waals surface area (Å²) in [7, 11) is 1.57. The van der Waals surface area contributed by atoms with E-state index in [1.165, 1.54) is 17.6 Å². The van der Waals surface area contributed by atoms with Gasteiger partial charge in [0.2, 0.25) is 0 Å². The number of anilines is 2. The lowest BCUT2D eigenvalue weighted by Crippen LogP contribution is -2.17. The van der Waals surface area contributed by atoms with Crippen molar-refractivity contribution in [3.8, 4) is 5.75 Å². The smallest absolute Gasteiger partial charge is 0.271 e. The van der Waals surface area contributed by atoms with E-state index in [1.807, 2.05) is 30.3 Å². The molecule has 0 spiro atoms. The van der Waals surface area contributed by atoms with Crippen molar-refractivity contribution in [1.82, 2.24) is 10.4 Å². The number of hydrogen-bond acceptors (Lipinski definition) is 6. The van der Waals surface area contributed by atoms with Crippen molar-refractivity contribution in [2.45, 2.75) is 0 Å². The zero-order valence-corrected chi connectivity index (χ0v) is 15.3. The third kappa shape index (κ3) is 4.59. The second-order valence-corrected chi connectivity index (χ2v) is 6.48. The minimum atomic E-state index is -0.327. The van der Waals surface area contributed by atoms with Crippen LogP contribution < -0.4 is 15.5 Å². The zero-order chi connectivity index (χ0) is 18.4. The number of ether oxygens (including phenoxy) is 1. The van der Waals surface area contributed by atoms with Gasteiger partial charge in [0, 0.05) is 11.3 Å². The van der Waals surface area contributed by atoms with Gasteiger partial charge in [0.05, 0.1) is 18.2 Å². The zero-order valence-electron chi connectivity index (χ0n) is 13.8. The molecule has 3 rings (SSSR count). The molecule has 6 nitrogen and oxygen atoms in total. The van der Waals surface area contributed by atoms with Crippen LogP contribution in [0.2, 0.25) is 5.15 Å². The molecule has 0 unspecified atom stereocenters. The van der Waals surface area contributed by atoms with Crippen molar-refractivity contribution >= 4 is 45.9 Å². The number of amides is 1. The first kappa shape index (κ1) is 17.9. The minimum absolute atomic E-state index is 0.316. The van der Waals surface area contributed by atoms with Crippen LogP contribution in [0.4, 0.5) is 10.8 Å². The summed E-state index contributed by atoms with van der Waals surface area (Å²) in [5.41, 5.74) is 3.85. The van der Waals surface area contributed by atoms with Crippen LogP contribution in [0.15, 0.2) is 59.7 Å². The molecule has 2 N–H and O–H groups in total. The van der Waals surface area contributed by atoms with Gasteiger partial charge in [-0.1, -0.05) is 41.1 Å². The molecule has 0 bridgehead atoms. The Morgan fingerprint density at radius 1 is 1.19 bits per heavy atom. The van der Waals surface area contributed by atoms with Gasteiger partial charge < -0.3 is 10.1 Å². The summed E-state index contributed by atoms with van der Waals surface area (Å²) < 4.78 is 5.06. The van der Waals surface area contributed by atoms with E-state index in [0.29, 0.717) is 26.5 Å². The van der Waals surface area contributed by atoms with Crippen LogP contribution in [0.3, 0.4) is 0 Å². The molecule has 0 fully saturated rings. The Kier molecular flexibility index (Phi) is 5.83. The van der Waals surface area contributed by atoms with Gasteiger partial charge in [0.15, 0.2) is 10.3 Å². The number of aromatic nitrogens is 1. The molecule has 0 aliphatic carbocycles. The van der Waals surface area contributed by atoms with E-state index in [-0.39, 0.29) is 5.91 Å². The van der Waals surface area contributed by atoms with E-state index < -0.39 is 0 Å². The SMILES string of the molecule is COc1ccc(C(=O)N/N=C/c2sc(Nc3ccccc3)nc2Cl)cc1. The number of carbonyl (C=O) groups is 1. The molecule has 0 saturated heterocycles. The molecule has 2 aromatic carbocycles. The van der Waals surface area contributed by atoms with Gasteiger partial charge in [-0.05, 0) is 36.4 Å². The average molecular weight is 387 g/mol. The highest BCUT2D eigenvalue weighted by Crippen LogP contribution is 2.27. The maximum atomic E-state index is 12.0.